The maximum Gasteiger partial charge on any atom is 0.411 e. The van der Waals surface area contributed by atoms with E-state index >= 15 is 0 Å². The van der Waals surface area contributed by atoms with E-state index in [1.165, 1.54) is 25.7 Å². The fourth-order valence-electron chi connectivity index (χ4n) is 4.31. The zero-order valence-corrected chi connectivity index (χ0v) is 14.0. The molecule has 0 spiro atoms. The molecule has 1 aromatic rings. The van der Waals surface area contributed by atoms with Crippen LogP contribution in [0.15, 0.2) is 42.0 Å². The SMILES string of the molecule is O=C(OCc1ccccc1)N1C2C=C(C3CCCC3)CC1COC2. The number of fused-ring (bicyclic) bond motifs is 2. The number of carbonyl (C=O) groups is 1. The average molecular weight is 327 g/mol. The maximum absolute atomic E-state index is 12.6. The molecular weight excluding hydrogens is 302 g/mol. The van der Waals surface area contributed by atoms with Crippen LogP contribution < -0.4 is 0 Å². The summed E-state index contributed by atoms with van der Waals surface area (Å²) in [5.74, 6) is 0.732. The Kier molecular flexibility index (Phi) is 4.56. The van der Waals surface area contributed by atoms with E-state index in [4.69, 9.17) is 9.47 Å². The molecule has 4 heteroatoms. The van der Waals surface area contributed by atoms with Gasteiger partial charge in [0.05, 0.1) is 25.3 Å². The van der Waals surface area contributed by atoms with E-state index in [0.29, 0.717) is 19.8 Å². The van der Waals surface area contributed by atoms with Crippen LogP contribution in [0.5, 0.6) is 0 Å². The largest absolute Gasteiger partial charge is 0.445 e. The van der Waals surface area contributed by atoms with E-state index in [9.17, 15) is 4.79 Å². The number of carbonyl (C=O) groups excluding carboxylic acids is 1. The van der Waals surface area contributed by atoms with Gasteiger partial charge in [0.1, 0.15) is 6.61 Å². The first-order valence-corrected chi connectivity index (χ1v) is 9.08. The van der Waals surface area contributed by atoms with Crippen molar-refractivity contribution in [2.45, 2.75) is 50.8 Å². The molecule has 1 amide bonds. The third-order valence-corrected chi connectivity index (χ3v) is 5.52. The zero-order chi connectivity index (χ0) is 16.4. The summed E-state index contributed by atoms with van der Waals surface area (Å²) in [6, 6.07) is 10.0. The molecule has 2 heterocycles. The van der Waals surface area contributed by atoms with Crippen molar-refractivity contribution in [1.82, 2.24) is 4.90 Å². The molecule has 1 saturated heterocycles. The van der Waals surface area contributed by atoms with Gasteiger partial charge in [0.15, 0.2) is 0 Å². The van der Waals surface area contributed by atoms with Crippen LogP contribution in [0.2, 0.25) is 0 Å². The van der Waals surface area contributed by atoms with E-state index in [1.54, 1.807) is 5.57 Å². The number of hydrogen-bond acceptors (Lipinski definition) is 3. The topological polar surface area (TPSA) is 38.8 Å². The van der Waals surface area contributed by atoms with Crippen molar-refractivity contribution < 1.29 is 14.3 Å². The lowest BCUT2D eigenvalue weighted by Crippen LogP contribution is -2.56. The predicted octanol–water partition coefficient (Wildman–Crippen LogP) is 3.91. The van der Waals surface area contributed by atoms with Crippen LogP contribution in [0.4, 0.5) is 4.79 Å². The van der Waals surface area contributed by atoms with Crippen molar-refractivity contribution in [1.29, 1.82) is 0 Å². The Morgan fingerprint density at radius 2 is 1.96 bits per heavy atom. The van der Waals surface area contributed by atoms with E-state index in [2.05, 4.69) is 6.08 Å². The maximum atomic E-state index is 12.6. The van der Waals surface area contributed by atoms with Gasteiger partial charge in [0.25, 0.3) is 0 Å². The molecule has 4 nitrogen and oxygen atoms in total. The van der Waals surface area contributed by atoms with Gasteiger partial charge in [-0.05, 0) is 30.7 Å². The van der Waals surface area contributed by atoms with Crippen molar-refractivity contribution in [3.05, 3.63) is 47.5 Å². The number of amides is 1. The molecule has 1 saturated carbocycles. The van der Waals surface area contributed by atoms with Crippen LogP contribution in [-0.4, -0.2) is 36.3 Å². The van der Waals surface area contributed by atoms with Gasteiger partial charge in [-0.2, -0.15) is 0 Å². The van der Waals surface area contributed by atoms with Gasteiger partial charge in [0, 0.05) is 0 Å². The summed E-state index contributed by atoms with van der Waals surface area (Å²) in [4.78, 5) is 14.5. The number of benzene rings is 1. The van der Waals surface area contributed by atoms with Gasteiger partial charge in [-0.25, -0.2) is 4.79 Å². The van der Waals surface area contributed by atoms with Crippen molar-refractivity contribution >= 4 is 6.09 Å². The zero-order valence-electron chi connectivity index (χ0n) is 14.0. The lowest BCUT2D eigenvalue weighted by Gasteiger charge is -2.44. The predicted molar refractivity (Wildman–Crippen MR) is 91.5 cm³/mol. The highest BCUT2D eigenvalue weighted by atomic mass is 16.6. The van der Waals surface area contributed by atoms with Crippen LogP contribution in [0.25, 0.3) is 0 Å². The molecule has 1 aliphatic carbocycles. The number of ether oxygens (including phenoxy) is 2. The normalized spacial score (nSPS) is 27.0. The quantitative estimate of drug-likeness (QED) is 0.790. The standard InChI is InChI=1S/C20H25NO3/c22-20(24-12-15-6-2-1-3-7-15)21-18-10-17(16-8-4-5-9-16)11-19(21)14-23-13-18/h1-3,6-7,10,16,18-19H,4-5,8-9,11-14H2. The highest BCUT2D eigenvalue weighted by Gasteiger charge is 2.40. The molecule has 0 aromatic heterocycles. The third-order valence-electron chi connectivity index (χ3n) is 5.52. The molecule has 24 heavy (non-hydrogen) atoms. The van der Waals surface area contributed by atoms with E-state index in [1.807, 2.05) is 35.2 Å². The van der Waals surface area contributed by atoms with Crippen molar-refractivity contribution in [2.75, 3.05) is 13.2 Å². The van der Waals surface area contributed by atoms with Crippen LogP contribution in [0.3, 0.4) is 0 Å². The summed E-state index contributed by atoms with van der Waals surface area (Å²) in [6.07, 6.45) is 8.33. The molecule has 0 N–H and O–H groups in total. The molecule has 2 aliphatic heterocycles. The highest BCUT2D eigenvalue weighted by molar-refractivity contribution is 5.69. The van der Waals surface area contributed by atoms with E-state index in [0.717, 1.165) is 17.9 Å². The summed E-state index contributed by atoms with van der Waals surface area (Å²) < 4.78 is 11.3. The number of hydrogen-bond donors (Lipinski definition) is 0. The molecular formula is C20H25NO3. The van der Waals surface area contributed by atoms with Crippen molar-refractivity contribution in [3.63, 3.8) is 0 Å². The Balaban J connectivity index is 1.44. The van der Waals surface area contributed by atoms with Gasteiger partial charge in [-0.15, -0.1) is 0 Å². The third kappa shape index (κ3) is 3.20. The fourth-order valence-corrected chi connectivity index (χ4v) is 4.31. The fraction of sp³-hybridized carbons (Fsp3) is 0.550. The van der Waals surface area contributed by atoms with Gasteiger partial charge in [-0.1, -0.05) is 54.8 Å². The molecule has 4 rings (SSSR count). The average Bonchev–Trinajstić information content (AvgIpc) is 3.14. The number of rotatable bonds is 3. The second-order valence-corrected chi connectivity index (χ2v) is 7.13. The van der Waals surface area contributed by atoms with Gasteiger partial charge >= 0.3 is 6.09 Å². The highest BCUT2D eigenvalue weighted by Crippen LogP contribution is 2.38. The van der Waals surface area contributed by atoms with Gasteiger partial charge in [0.2, 0.25) is 0 Å². The van der Waals surface area contributed by atoms with E-state index < -0.39 is 0 Å². The molecule has 128 valence electrons. The monoisotopic (exact) mass is 327 g/mol. The summed E-state index contributed by atoms with van der Waals surface area (Å²) in [5.41, 5.74) is 2.57. The Morgan fingerprint density at radius 1 is 1.17 bits per heavy atom. The minimum Gasteiger partial charge on any atom is -0.445 e. The molecule has 3 aliphatic rings. The van der Waals surface area contributed by atoms with Crippen molar-refractivity contribution in [2.24, 2.45) is 5.92 Å². The summed E-state index contributed by atoms with van der Waals surface area (Å²) >= 11 is 0. The lowest BCUT2D eigenvalue weighted by molar-refractivity contribution is -0.0383. The van der Waals surface area contributed by atoms with Crippen LogP contribution in [0, 0.1) is 5.92 Å². The van der Waals surface area contributed by atoms with Crippen molar-refractivity contribution in [3.8, 4) is 0 Å². The summed E-state index contributed by atoms with van der Waals surface area (Å²) in [7, 11) is 0. The smallest absolute Gasteiger partial charge is 0.411 e. The molecule has 2 unspecified atom stereocenters. The number of nitrogens with zero attached hydrogens (tertiary/aromatic N) is 1. The Labute approximate surface area is 143 Å². The van der Waals surface area contributed by atoms with Gasteiger partial charge in [-0.3, -0.25) is 4.90 Å². The van der Waals surface area contributed by atoms with Gasteiger partial charge < -0.3 is 9.47 Å². The second-order valence-electron chi connectivity index (χ2n) is 7.13. The first kappa shape index (κ1) is 15.7. The molecule has 2 fully saturated rings. The Bertz CT molecular complexity index is 607. The summed E-state index contributed by atoms with van der Waals surface area (Å²) in [6.45, 7) is 1.55. The molecule has 2 bridgehead atoms. The lowest BCUT2D eigenvalue weighted by atomic mass is 9.85. The molecule has 0 radical (unpaired) electrons. The molecule has 1 aromatic carbocycles. The Morgan fingerprint density at radius 3 is 2.71 bits per heavy atom. The minimum absolute atomic E-state index is 0.0383. The molecule has 2 atom stereocenters. The van der Waals surface area contributed by atoms with Crippen LogP contribution in [0.1, 0.15) is 37.7 Å². The van der Waals surface area contributed by atoms with E-state index in [-0.39, 0.29) is 18.2 Å². The minimum atomic E-state index is -0.209. The first-order valence-electron chi connectivity index (χ1n) is 9.08. The number of morpholine rings is 1. The van der Waals surface area contributed by atoms with Crippen LogP contribution >= 0.6 is 0 Å². The second kappa shape index (κ2) is 6.98. The Hall–Kier alpha value is -1.81. The summed E-state index contributed by atoms with van der Waals surface area (Å²) in [5, 5.41) is 0. The van der Waals surface area contributed by atoms with Crippen LogP contribution in [-0.2, 0) is 16.1 Å². The first-order chi connectivity index (χ1) is 11.8.